The average molecular weight is 305 g/mol. The van der Waals surface area contributed by atoms with E-state index in [4.69, 9.17) is 0 Å². The summed E-state index contributed by atoms with van der Waals surface area (Å²) in [6.45, 7) is 10.3. The molecule has 0 aromatic heterocycles. The van der Waals surface area contributed by atoms with Gasteiger partial charge in [-0.25, -0.2) is 0 Å². The van der Waals surface area contributed by atoms with Gasteiger partial charge in [-0.3, -0.25) is 9.59 Å². The fourth-order valence-electron chi connectivity index (χ4n) is 2.34. The Morgan fingerprint density at radius 3 is 2.09 bits per heavy atom. The molecule has 0 atom stereocenters. The zero-order valence-corrected chi connectivity index (χ0v) is 14.1. The molecule has 1 aromatic carbocycles. The Bertz CT molecular complexity index is 481. The summed E-state index contributed by atoms with van der Waals surface area (Å²) in [7, 11) is 0. The van der Waals surface area contributed by atoms with Gasteiger partial charge >= 0.3 is 0 Å². The van der Waals surface area contributed by atoms with Crippen LogP contribution in [0.25, 0.3) is 0 Å². The Hall–Kier alpha value is -2.04. The summed E-state index contributed by atoms with van der Waals surface area (Å²) >= 11 is 0. The first-order valence-electron chi connectivity index (χ1n) is 7.92. The summed E-state index contributed by atoms with van der Waals surface area (Å²) < 4.78 is 0. The van der Waals surface area contributed by atoms with Crippen LogP contribution in [0.15, 0.2) is 24.3 Å². The second kappa shape index (κ2) is 9.07. The third-order valence-corrected chi connectivity index (χ3v) is 3.55. The highest BCUT2D eigenvalue weighted by Crippen LogP contribution is 2.17. The van der Waals surface area contributed by atoms with Crippen molar-refractivity contribution in [3.8, 4) is 0 Å². The minimum absolute atomic E-state index is 0.0751. The predicted octanol–water partition coefficient (Wildman–Crippen LogP) is 2.73. The standard InChI is InChI=1S/C17H27N3O2/c1-5-12-20(14(4)21)13-17(22)18-15-8-10-16(11-9-15)19(6-2)7-3/h8-11H,5-7,12-13H2,1-4H3,(H,18,22). The van der Waals surface area contributed by atoms with E-state index in [2.05, 4.69) is 24.1 Å². The summed E-state index contributed by atoms with van der Waals surface area (Å²) in [6, 6.07) is 7.78. The number of hydrogen-bond acceptors (Lipinski definition) is 3. The lowest BCUT2D eigenvalue weighted by atomic mass is 10.2. The van der Waals surface area contributed by atoms with E-state index < -0.39 is 0 Å². The molecular weight excluding hydrogens is 278 g/mol. The molecule has 0 saturated heterocycles. The number of benzene rings is 1. The molecule has 0 bridgehead atoms. The van der Waals surface area contributed by atoms with Gasteiger partial charge < -0.3 is 15.1 Å². The van der Waals surface area contributed by atoms with Crippen LogP contribution < -0.4 is 10.2 Å². The van der Waals surface area contributed by atoms with E-state index in [1.165, 1.54) is 6.92 Å². The third kappa shape index (κ3) is 5.39. The van der Waals surface area contributed by atoms with Gasteiger partial charge in [0.25, 0.3) is 0 Å². The summed E-state index contributed by atoms with van der Waals surface area (Å²) in [5.41, 5.74) is 1.89. The van der Waals surface area contributed by atoms with Crippen LogP contribution in [0.1, 0.15) is 34.1 Å². The lowest BCUT2D eigenvalue weighted by Gasteiger charge is -2.21. The number of carbonyl (C=O) groups is 2. The second-order valence-corrected chi connectivity index (χ2v) is 5.21. The molecule has 0 aliphatic rings. The molecule has 2 amide bonds. The molecule has 22 heavy (non-hydrogen) atoms. The summed E-state index contributed by atoms with van der Waals surface area (Å²) in [5.74, 6) is -0.242. The number of nitrogens with one attached hydrogen (secondary N) is 1. The Labute approximate surface area is 133 Å². The maximum absolute atomic E-state index is 12.0. The van der Waals surface area contributed by atoms with E-state index in [9.17, 15) is 9.59 Å². The number of hydrogen-bond donors (Lipinski definition) is 1. The normalized spacial score (nSPS) is 10.2. The monoisotopic (exact) mass is 305 g/mol. The molecule has 1 N–H and O–H groups in total. The maximum atomic E-state index is 12.0. The van der Waals surface area contributed by atoms with Crippen LogP contribution in [0.2, 0.25) is 0 Å². The van der Waals surface area contributed by atoms with Gasteiger partial charge in [0, 0.05) is 37.9 Å². The van der Waals surface area contributed by atoms with Gasteiger partial charge in [-0.15, -0.1) is 0 Å². The molecule has 122 valence electrons. The molecule has 1 rings (SSSR count). The molecule has 0 unspecified atom stereocenters. The van der Waals surface area contributed by atoms with Crippen molar-refractivity contribution in [2.75, 3.05) is 36.4 Å². The van der Waals surface area contributed by atoms with Crippen LogP contribution in [-0.4, -0.2) is 42.9 Å². The summed E-state index contributed by atoms with van der Waals surface area (Å²) in [5, 5.41) is 2.84. The van der Waals surface area contributed by atoms with E-state index >= 15 is 0 Å². The Morgan fingerprint density at radius 2 is 1.64 bits per heavy atom. The fourth-order valence-corrected chi connectivity index (χ4v) is 2.34. The highest BCUT2D eigenvalue weighted by atomic mass is 16.2. The van der Waals surface area contributed by atoms with Gasteiger partial charge in [0.15, 0.2) is 0 Å². The lowest BCUT2D eigenvalue weighted by Crippen LogP contribution is -2.37. The molecule has 0 radical (unpaired) electrons. The molecule has 0 saturated carbocycles. The molecule has 0 spiro atoms. The van der Waals surface area contributed by atoms with E-state index in [0.717, 1.165) is 30.9 Å². The summed E-state index contributed by atoms with van der Waals surface area (Å²) in [4.78, 5) is 27.3. The van der Waals surface area contributed by atoms with Crippen molar-refractivity contribution in [3.05, 3.63) is 24.3 Å². The van der Waals surface area contributed by atoms with Gasteiger partial charge in [0.2, 0.25) is 11.8 Å². The first kappa shape index (κ1) is 18.0. The number of carbonyl (C=O) groups excluding carboxylic acids is 2. The quantitative estimate of drug-likeness (QED) is 0.803. The minimum atomic E-state index is -0.167. The highest BCUT2D eigenvalue weighted by molar-refractivity contribution is 5.94. The van der Waals surface area contributed by atoms with Crippen LogP contribution >= 0.6 is 0 Å². The summed E-state index contributed by atoms with van der Waals surface area (Å²) in [6.07, 6.45) is 0.839. The number of anilines is 2. The number of amides is 2. The molecule has 5 heteroatoms. The smallest absolute Gasteiger partial charge is 0.243 e. The first-order chi connectivity index (χ1) is 10.5. The Kier molecular flexibility index (Phi) is 7.43. The van der Waals surface area contributed by atoms with Gasteiger partial charge in [-0.1, -0.05) is 6.92 Å². The van der Waals surface area contributed by atoms with Crippen molar-refractivity contribution >= 4 is 23.2 Å². The zero-order valence-electron chi connectivity index (χ0n) is 14.1. The molecule has 0 aliphatic carbocycles. The van der Waals surface area contributed by atoms with Crippen LogP contribution in [0, 0.1) is 0 Å². The molecule has 5 nitrogen and oxygen atoms in total. The molecule has 0 fully saturated rings. The fraction of sp³-hybridized carbons (Fsp3) is 0.529. The molecule has 0 heterocycles. The van der Waals surface area contributed by atoms with Crippen molar-refractivity contribution in [1.29, 1.82) is 0 Å². The van der Waals surface area contributed by atoms with E-state index in [-0.39, 0.29) is 18.4 Å². The van der Waals surface area contributed by atoms with Crippen LogP contribution in [0.4, 0.5) is 11.4 Å². The van der Waals surface area contributed by atoms with Gasteiger partial charge in [0.05, 0.1) is 6.54 Å². The van der Waals surface area contributed by atoms with Gasteiger partial charge in [0.1, 0.15) is 0 Å². The van der Waals surface area contributed by atoms with Crippen LogP contribution in [0.5, 0.6) is 0 Å². The van der Waals surface area contributed by atoms with E-state index in [1.54, 1.807) is 4.90 Å². The molecular formula is C17H27N3O2. The maximum Gasteiger partial charge on any atom is 0.243 e. The average Bonchev–Trinajstić information content (AvgIpc) is 2.49. The van der Waals surface area contributed by atoms with Crippen molar-refractivity contribution in [3.63, 3.8) is 0 Å². The zero-order chi connectivity index (χ0) is 16.5. The van der Waals surface area contributed by atoms with Gasteiger partial charge in [-0.2, -0.15) is 0 Å². The van der Waals surface area contributed by atoms with Crippen molar-refractivity contribution in [1.82, 2.24) is 4.90 Å². The number of nitrogens with zero attached hydrogens (tertiary/aromatic N) is 2. The lowest BCUT2D eigenvalue weighted by molar-refractivity contribution is -0.132. The van der Waals surface area contributed by atoms with Crippen LogP contribution in [-0.2, 0) is 9.59 Å². The van der Waals surface area contributed by atoms with Crippen LogP contribution in [0.3, 0.4) is 0 Å². The van der Waals surface area contributed by atoms with Crippen molar-refractivity contribution in [2.24, 2.45) is 0 Å². The number of rotatable bonds is 8. The van der Waals surface area contributed by atoms with E-state index in [1.807, 2.05) is 31.2 Å². The predicted molar refractivity (Wildman–Crippen MR) is 91.2 cm³/mol. The van der Waals surface area contributed by atoms with Crippen molar-refractivity contribution in [2.45, 2.75) is 34.1 Å². The van der Waals surface area contributed by atoms with Gasteiger partial charge in [-0.05, 0) is 44.5 Å². The molecule has 0 aliphatic heterocycles. The highest BCUT2D eigenvalue weighted by Gasteiger charge is 2.12. The Balaban J connectivity index is 2.62. The molecule has 1 aromatic rings. The minimum Gasteiger partial charge on any atom is -0.372 e. The first-order valence-corrected chi connectivity index (χ1v) is 7.92. The topological polar surface area (TPSA) is 52.7 Å². The largest absolute Gasteiger partial charge is 0.372 e. The third-order valence-electron chi connectivity index (χ3n) is 3.55. The second-order valence-electron chi connectivity index (χ2n) is 5.21. The SMILES string of the molecule is CCCN(CC(=O)Nc1ccc(N(CC)CC)cc1)C(C)=O. The van der Waals surface area contributed by atoms with Crippen molar-refractivity contribution < 1.29 is 9.59 Å². The van der Waals surface area contributed by atoms with E-state index in [0.29, 0.717) is 6.54 Å². The Morgan fingerprint density at radius 1 is 1.05 bits per heavy atom.